The summed E-state index contributed by atoms with van der Waals surface area (Å²) in [5.41, 5.74) is 3.85. The molecule has 1 unspecified atom stereocenters. The molecule has 0 spiro atoms. The number of nitrogens with one attached hydrogen (secondary N) is 2. The summed E-state index contributed by atoms with van der Waals surface area (Å²) in [6.07, 6.45) is 0.822. The highest BCUT2D eigenvalue weighted by molar-refractivity contribution is 8.00. The van der Waals surface area contributed by atoms with Crippen molar-refractivity contribution in [3.05, 3.63) is 70.3 Å². The first-order valence-electron chi connectivity index (χ1n) is 10.8. The highest BCUT2D eigenvalue weighted by atomic mass is 32.2. The molecule has 1 atom stereocenters. The number of aryl methyl sites for hydroxylation is 2. The van der Waals surface area contributed by atoms with Gasteiger partial charge >= 0.3 is 0 Å². The molecule has 0 bridgehead atoms. The zero-order valence-corrected chi connectivity index (χ0v) is 20.8. The molecule has 10 heteroatoms. The van der Waals surface area contributed by atoms with Crippen LogP contribution >= 0.6 is 23.1 Å². The van der Waals surface area contributed by atoms with Gasteiger partial charge in [-0.15, -0.1) is 10.2 Å². The van der Waals surface area contributed by atoms with Crippen molar-refractivity contribution in [2.75, 3.05) is 5.32 Å². The Labute approximate surface area is 205 Å². The fourth-order valence-electron chi connectivity index (χ4n) is 3.25. The lowest BCUT2D eigenvalue weighted by molar-refractivity contribution is -0.126. The van der Waals surface area contributed by atoms with Gasteiger partial charge in [-0.05, 0) is 54.7 Å². The standard InChI is InChI=1S/C24H26F2N4O2S2/c1-4-5-20(27-21(31)11-17-9-18(25)12-19(26)10-17)22(32)28-23-29-30-24(34-23)33-13-16-7-6-14(2)15(3)8-16/h6-10,12,20H,4-5,11,13H2,1-3H3,(H,27,31)(H,28,29,32). The summed E-state index contributed by atoms with van der Waals surface area (Å²) < 4.78 is 27.5. The van der Waals surface area contributed by atoms with Crippen LogP contribution in [0.1, 0.15) is 42.0 Å². The Hall–Kier alpha value is -2.85. The maximum Gasteiger partial charge on any atom is 0.248 e. The van der Waals surface area contributed by atoms with Gasteiger partial charge in [0.1, 0.15) is 17.7 Å². The normalized spacial score (nSPS) is 11.8. The molecule has 2 N–H and O–H groups in total. The van der Waals surface area contributed by atoms with Crippen LogP contribution in [-0.4, -0.2) is 28.1 Å². The number of halogens is 2. The molecule has 2 aromatic carbocycles. The predicted octanol–water partition coefficient (Wildman–Crippen LogP) is 5.19. The SMILES string of the molecule is CCCC(NC(=O)Cc1cc(F)cc(F)c1)C(=O)Nc1nnc(SCc2ccc(C)c(C)c2)s1. The van der Waals surface area contributed by atoms with Gasteiger partial charge in [-0.1, -0.05) is 54.6 Å². The van der Waals surface area contributed by atoms with Crippen LogP contribution in [0.4, 0.5) is 13.9 Å². The third-order valence-electron chi connectivity index (χ3n) is 5.09. The van der Waals surface area contributed by atoms with Crippen LogP contribution in [0.2, 0.25) is 0 Å². The van der Waals surface area contributed by atoms with Gasteiger partial charge in [0.15, 0.2) is 4.34 Å². The van der Waals surface area contributed by atoms with Gasteiger partial charge in [-0.25, -0.2) is 8.78 Å². The Bertz CT molecular complexity index is 1150. The van der Waals surface area contributed by atoms with Crippen LogP contribution in [0.5, 0.6) is 0 Å². The first kappa shape index (κ1) is 25.8. The molecule has 0 radical (unpaired) electrons. The number of carbonyl (C=O) groups excluding carboxylic acids is 2. The van der Waals surface area contributed by atoms with Gasteiger partial charge < -0.3 is 5.32 Å². The van der Waals surface area contributed by atoms with Gasteiger partial charge in [0.2, 0.25) is 16.9 Å². The maximum atomic E-state index is 13.4. The number of hydrogen-bond acceptors (Lipinski definition) is 6. The second-order valence-corrected chi connectivity index (χ2v) is 10.1. The monoisotopic (exact) mass is 504 g/mol. The van der Waals surface area contributed by atoms with Gasteiger partial charge in [-0.3, -0.25) is 14.9 Å². The Kier molecular flexibility index (Phi) is 9.12. The molecule has 6 nitrogen and oxygen atoms in total. The molecule has 0 aliphatic carbocycles. The van der Waals surface area contributed by atoms with E-state index in [4.69, 9.17) is 0 Å². The van der Waals surface area contributed by atoms with E-state index in [0.717, 1.165) is 28.3 Å². The summed E-state index contributed by atoms with van der Waals surface area (Å²) in [6.45, 7) is 6.03. The molecule has 1 aromatic heterocycles. The first-order valence-corrected chi connectivity index (χ1v) is 12.6. The number of hydrogen-bond donors (Lipinski definition) is 2. The van der Waals surface area contributed by atoms with Crippen molar-refractivity contribution in [3.63, 3.8) is 0 Å². The minimum absolute atomic E-state index is 0.195. The molecule has 1 heterocycles. The summed E-state index contributed by atoms with van der Waals surface area (Å²) in [5, 5.41) is 13.8. The molecule has 0 aliphatic rings. The zero-order chi connectivity index (χ0) is 24.7. The molecular formula is C24H26F2N4O2S2. The smallest absolute Gasteiger partial charge is 0.248 e. The minimum Gasteiger partial charge on any atom is -0.344 e. The molecule has 0 saturated heterocycles. The number of thioether (sulfide) groups is 1. The van der Waals surface area contributed by atoms with Crippen LogP contribution in [0.25, 0.3) is 0 Å². The number of nitrogens with zero attached hydrogens (tertiary/aromatic N) is 2. The maximum absolute atomic E-state index is 13.4. The van der Waals surface area contributed by atoms with E-state index in [2.05, 4.69) is 52.9 Å². The van der Waals surface area contributed by atoms with Crippen LogP contribution in [0.3, 0.4) is 0 Å². The van der Waals surface area contributed by atoms with Crippen molar-refractivity contribution >= 4 is 40.0 Å². The molecule has 0 saturated carbocycles. The van der Waals surface area contributed by atoms with E-state index >= 15 is 0 Å². The Balaban J connectivity index is 1.55. The Morgan fingerprint density at radius 3 is 2.44 bits per heavy atom. The van der Waals surface area contributed by atoms with Crippen molar-refractivity contribution in [2.24, 2.45) is 0 Å². The summed E-state index contributed by atoms with van der Waals surface area (Å²) >= 11 is 2.79. The van der Waals surface area contributed by atoms with Crippen LogP contribution < -0.4 is 10.6 Å². The van der Waals surface area contributed by atoms with Crippen molar-refractivity contribution in [3.8, 4) is 0 Å². The lowest BCUT2D eigenvalue weighted by Crippen LogP contribution is -2.44. The largest absolute Gasteiger partial charge is 0.344 e. The summed E-state index contributed by atoms with van der Waals surface area (Å²) in [7, 11) is 0. The fourth-order valence-corrected chi connectivity index (χ4v) is 4.95. The summed E-state index contributed by atoms with van der Waals surface area (Å²) in [6, 6.07) is 8.44. The number of amides is 2. The van der Waals surface area contributed by atoms with E-state index in [1.807, 2.05) is 6.92 Å². The van der Waals surface area contributed by atoms with Crippen LogP contribution in [0, 0.1) is 25.5 Å². The second kappa shape index (κ2) is 12.0. The Morgan fingerprint density at radius 1 is 1.03 bits per heavy atom. The Morgan fingerprint density at radius 2 is 1.76 bits per heavy atom. The number of rotatable bonds is 10. The number of anilines is 1. The highest BCUT2D eigenvalue weighted by Gasteiger charge is 2.22. The van der Waals surface area contributed by atoms with Crippen molar-refractivity contribution in [1.29, 1.82) is 0 Å². The van der Waals surface area contributed by atoms with E-state index in [-0.39, 0.29) is 12.0 Å². The lowest BCUT2D eigenvalue weighted by Gasteiger charge is -2.17. The predicted molar refractivity (Wildman–Crippen MR) is 131 cm³/mol. The quantitative estimate of drug-likeness (QED) is 0.293. The third kappa shape index (κ3) is 7.59. The van der Waals surface area contributed by atoms with Gasteiger partial charge in [0.05, 0.1) is 6.42 Å². The third-order valence-corrected chi connectivity index (χ3v) is 7.13. The molecular weight excluding hydrogens is 478 g/mol. The molecule has 180 valence electrons. The van der Waals surface area contributed by atoms with Crippen LogP contribution in [0.15, 0.2) is 40.7 Å². The average Bonchev–Trinajstić information content (AvgIpc) is 3.20. The van der Waals surface area contributed by atoms with Gasteiger partial charge in [0.25, 0.3) is 0 Å². The van der Waals surface area contributed by atoms with E-state index in [0.29, 0.717) is 18.0 Å². The fraction of sp³-hybridized carbons (Fsp3) is 0.333. The minimum atomic E-state index is -0.800. The molecule has 3 aromatic rings. The van der Waals surface area contributed by atoms with E-state index < -0.39 is 29.5 Å². The topological polar surface area (TPSA) is 84.0 Å². The van der Waals surface area contributed by atoms with Gasteiger partial charge in [-0.2, -0.15) is 0 Å². The van der Waals surface area contributed by atoms with Crippen molar-refractivity contribution < 1.29 is 18.4 Å². The van der Waals surface area contributed by atoms with Crippen LogP contribution in [-0.2, 0) is 21.8 Å². The average molecular weight is 505 g/mol. The highest BCUT2D eigenvalue weighted by Crippen LogP contribution is 2.29. The van der Waals surface area contributed by atoms with E-state index in [1.54, 1.807) is 0 Å². The molecule has 3 rings (SSSR count). The molecule has 0 fully saturated rings. The molecule has 34 heavy (non-hydrogen) atoms. The van der Waals surface area contributed by atoms with E-state index in [9.17, 15) is 18.4 Å². The number of benzene rings is 2. The summed E-state index contributed by atoms with van der Waals surface area (Å²) in [5.74, 6) is -1.69. The second-order valence-electron chi connectivity index (χ2n) is 7.93. The van der Waals surface area contributed by atoms with Crippen molar-refractivity contribution in [2.45, 2.75) is 56.2 Å². The summed E-state index contributed by atoms with van der Waals surface area (Å²) in [4.78, 5) is 25.1. The molecule has 2 amide bonds. The number of carbonyl (C=O) groups is 2. The number of aromatic nitrogens is 2. The lowest BCUT2D eigenvalue weighted by atomic mass is 10.1. The molecule has 0 aliphatic heterocycles. The zero-order valence-electron chi connectivity index (χ0n) is 19.2. The first-order chi connectivity index (χ1) is 16.2. The van der Waals surface area contributed by atoms with Crippen molar-refractivity contribution in [1.82, 2.24) is 15.5 Å². The van der Waals surface area contributed by atoms with Gasteiger partial charge in [0, 0.05) is 11.8 Å². The van der Waals surface area contributed by atoms with E-state index in [1.165, 1.54) is 39.8 Å².